The van der Waals surface area contributed by atoms with E-state index in [1.807, 2.05) is 6.07 Å². The molecule has 2 unspecified atom stereocenters. The van der Waals surface area contributed by atoms with Gasteiger partial charge in [0, 0.05) is 6.04 Å². The van der Waals surface area contributed by atoms with Crippen LogP contribution in [0.1, 0.15) is 51.8 Å². The van der Waals surface area contributed by atoms with Gasteiger partial charge in [0.1, 0.15) is 5.76 Å². The second kappa shape index (κ2) is 6.33. The average Bonchev–Trinajstić information content (AvgIpc) is 2.63. The van der Waals surface area contributed by atoms with Crippen LogP contribution in [-0.4, -0.2) is 6.04 Å². The molecule has 0 fully saturated rings. The third kappa shape index (κ3) is 3.65. The molecule has 1 rings (SSSR count). The van der Waals surface area contributed by atoms with E-state index >= 15 is 0 Å². The van der Waals surface area contributed by atoms with Crippen LogP contribution in [0.3, 0.4) is 0 Å². The predicted molar refractivity (Wildman–Crippen MR) is 66.9 cm³/mol. The molecule has 1 N–H and O–H groups in total. The van der Waals surface area contributed by atoms with Crippen molar-refractivity contribution in [2.45, 2.75) is 52.1 Å². The van der Waals surface area contributed by atoms with Crippen LogP contribution in [0.2, 0.25) is 0 Å². The number of halogens is 1. The number of rotatable bonds is 6. The summed E-state index contributed by atoms with van der Waals surface area (Å²) in [4.78, 5) is 0. The molecule has 0 aromatic carbocycles. The van der Waals surface area contributed by atoms with Gasteiger partial charge >= 0.3 is 0 Å². The summed E-state index contributed by atoms with van der Waals surface area (Å²) >= 11 is 3.48. The van der Waals surface area contributed by atoms with Crippen LogP contribution in [-0.2, 0) is 0 Å². The van der Waals surface area contributed by atoms with Gasteiger partial charge in [-0.3, -0.25) is 0 Å². The molecule has 0 amide bonds. The first-order chi connectivity index (χ1) is 7.19. The summed E-state index contributed by atoms with van der Waals surface area (Å²) in [5.74, 6) is 0.990. The molecule has 86 valence electrons. The van der Waals surface area contributed by atoms with E-state index in [9.17, 15) is 0 Å². The molecule has 1 heterocycles. The van der Waals surface area contributed by atoms with Crippen LogP contribution in [0.4, 0.5) is 0 Å². The fourth-order valence-corrected chi connectivity index (χ4v) is 2.34. The summed E-state index contributed by atoms with van der Waals surface area (Å²) in [7, 11) is 0. The minimum Gasteiger partial charge on any atom is -0.466 e. The molecule has 0 bridgehead atoms. The number of hydrogen-bond acceptors (Lipinski definition) is 2. The molecule has 1 aromatic rings. The van der Waals surface area contributed by atoms with Crippen molar-refractivity contribution in [1.82, 2.24) is 5.32 Å². The molecule has 2 atom stereocenters. The summed E-state index contributed by atoms with van der Waals surface area (Å²) < 4.78 is 6.49. The maximum absolute atomic E-state index is 5.44. The quantitative estimate of drug-likeness (QED) is 0.838. The third-order valence-corrected chi connectivity index (χ3v) is 3.31. The standard InChI is InChI=1S/C12H20BrNO/c1-4-6-10(5-2)14-9(3)12-11(13)7-8-15-12/h7-10,14H,4-6H2,1-3H3. The molecule has 0 radical (unpaired) electrons. The van der Waals surface area contributed by atoms with Crippen LogP contribution in [0.25, 0.3) is 0 Å². The normalized spacial score (nSPS) is 15.2. The highest BCUT2D eigenvalue weighted by Crippen LogP contribution is 2.25. The summed E-state index contributed by atoms with van der Waals surface area (Å²) in [6, 6.07) is 2.79. The molecule has 3 heteroatoms. The molecular formula is C12H20BrNO. The van der Waals surface area contributed by atoms with Gasteiger partial charge in [-0.15, -0.1) is 0 Å². The zero-order chi connectivity index (χ0) is 11.3. The van der Waals surface area contributed by atoms with E-state index in [0.717, 1.165) is 16.7 Å². The molecule has 0 saturated carbocycles. The predicted octanol–water partition coefficient (Wildman–Crippen LogP) is 4.27. The Morgan fingerprint density at radius 3 is 2.67 bits per heavy atom. The lowest BCUT2D eigenvalue weighted by molar-refractivity contribution is 0.366. The van der Waals surface area contributed by atoms with E-state index in [4.69, 9.17) is 4.42 Å². The average molecular weight is 274 g/mol. The van der Waals surface area contributed by atoms with E-state index < -0.39 is 0 Å². The highest BCUT2D eigenvalue weighted by molar-refractivity contribution is 9.10. The first-order valence-corrected chi connectivity index (χ1v) is 6.47. The van der Waals surface area contributed by atoms with Gasteiger partial charge in [-0.2, -0.15) is 0 Å². The zero-order valence-electron chi connectivity index (χ0n) is 9.72. The second-order valence-electron chi connectivity index (χ2n) is 3.91. The van der Waals surface area contributed by atoms with Crippen molar-refractivity contribution < 1.29 is 4.42 Å². The van der Waals surface area contributed by atoms with Crippen LogP contribution in [0, 0.1) is 0 Å². The monoisotopic (exact) mass is 273 g/mol. The van der Waals surface area contributed by atoms with Gasteiger partial charge < -0.3 is 9.73 Å². The second-order valence-corrected chi connectivity index (χ2v) is 4.77. The van der Waals surface area contributed by atoms with E-state index in [1.54, 1.807) is 6.26 Å². The Hall–Kier alpha value is -0.280. The van der Waals surface area contributed by atoms with Crippen molar-refractivity contribution in [1.29, 1.82) is 0 Å². The summed E-state index contributed by atoms with van der Waals surface area (Å²) in [6.45, 7) is 6.58. The van der Waals surface area contributed by atoms with Gasteiger partial charge in [0.2, 0.25) is 0 Å². The Morgan fingerprint density at radius 2 is 2.20 bits per heavy atom. The van der Waals surface area contributed by atoms with Gasteiger partial charge in [0.25, 0.3) is 0 Å². The van der Waals surface area contributed by atoms with Crippen molar-refractivity contribution in [2.75, 3.05) is 0 Å². The van der Waals surface area contributed by atoms with E-state index in [2.05, 4.69) is 42.0 Å². The van der Waals surface area contributed by atoms with Crippen molar-refractivity contribution in [3.63, 3.8) is 0 Å². The van der Waals surface area contributed by atoms with Crippen molar-refractivity contribution in [3.8, 4) is 0 Å². The maximum atomic E-state index is 5.44. The lowest BCUT2D eigenvalue weighted by atomic mass is 10.1. The summed E-state index contributed by atoms with van der Waals surface area (Å²) in [5, 5.41) is 3.59. The van der Waals surface area contributed by atoms with Gasteiger partial charge in [-0.25, -0.2) is 0 Å². The SMILES string of the molecule is CCCC(CC)NC(C)c1occc1Br. The Kier molecular flexibility index (Phi) is 5.40. The van der Waals surface area contributed by atoms with Crippen LogP contribution in [0.15, 0.2) is 21.2 Å². The lowest BCUT2D eigenvalue weighted by Crippen LogP contribution is -2.30. The highest BCUT2D eigenvalue weighted by Gasteiger charge is 2.15. The summed E-state index contributed by atoms with van der Waals surface area (Å²) in [5.41, 5.74) is 0. The Balaban J connectivity index is 2.54. The Bertz CT molecular complexity index is 285. The van der Waals surface area contributed by atoms with E-state index in [1.165, 1.54) is 12.8 Å². The van der Waals surface area contributed by atoms with Crippen molar-refractivity contribution in [2.24, 2.45) is 0 Å². The third-order valence-electron chi connectivity index (χ3n) is 2.65. The van der Waals surface area contributed by atoms with Crippen LogP contribution in [0.5, 0.6) is 0 Å². The molecule has 0 aliphatic heterocycles. The van der Waals surface area contributed by atoms with Crippen LogP contribution < -0.4 is 5.32 Å². The molecular weight excluding hydrogens is 254 g/mol. The van der Waals surface area contributed by atoms with Gasteiger partial charge in [0.05, 0.1) is 16.8 Å². The number of hydrogen-bond donors (Lipinski definition) is 1. The topological polar surface area (TPSA) is 25.2 Å². The molecule has 15 heavy (non-hydrogen) atoms. The smallest absolute Gasteiger partial charge is 0.134 e. The highest BCUT2D eigenvalue weighted by atomic mass is 79.9. The molecule has 0 aliphatic rings. The number of nitrogens with one attached hydrogen (secondary N) is 1. The fourth-order valence-electron chi connectivity index (χ4n) is 1.80. The molecule has 2 nitrogen and oxygen atoms in total. The largest absolute Gasteiger partial charge is 0.466 e. The van der Waals surface area contributed by atoms with E-state index in [0.29, 0.717) is 6.04 Å². The Morgan fingerprint density at radius 1 is 1.47 bits per heavy atom. The number of furan rings is 1. The first-order valence-electron chi connectivity index (χ1n) is 5.67. The minimum absolute atomic E-state index is 0.269. The zero-order valence-corrected chi connectivity index (χ0v) is 11.3. The van der Waals surface area contributed by atoms with Gasteiger partial charge in [-0.05, 0) is 41.8 Å². The van der Waals surface area contributed by atoms with Crippen molar-refractivity contribution in [3.05, 3.63) is 22.6 Å². The molecule has 0 saturated heterocycles. The first kappa shape index (κ1) is 12.8. The van der Waals surface area contributed by atoms with E-state index in [-0.39, 0.29) is 6.04 Å². The molecule has 0 aliphatic carbocycles. The summed E-state index contributed by atoms with van der Waals surface area (Å²) in [6.07, 6.45) is 5.32. The fraction of sp³-hybridized carbons (Fsp3) is 0.667. The van der Waals surface area contributed by atoms with Gasteiger partial charge in [0.15, 0.2) is 0 Å². The molecule has 1 aromatic heterocycles. The molecule has 0 spiro atoms. The lowest BCUT2D eigenvalue weighted by Gasteiger charge is -2.20. The minimum atomic E-state index is 0.269. The van der Waals surface area contributed by atoms with Gasteiger partial charge in [-0.1, -0.05) is 20.3 Å². The van der Waals surface area contributed by atoms with Crippen LogP contribution >= 0.6 is 15.9 Å². The maximum Gasteiger partial charge on any atom is 0.134 e. The van der Waals surface area contributed by atoms with Crippen molar-refractivity contribution >= 4 is 15.9 Å². The Labute approximate surface area is 101 Å².